The van der Waals surface area contributed by atoms with E-state index >= 15 is 0 Å². The van der Waals surface area contributed by atoms with Crippen molar-refractivity contribution >= 4 is 11.7 Å². The molecule has 1 fully saturated rings. The molecule has 1 unspecified atom stereocenters. The maximum atomic E-state index is 13.1. The molecular weight excluding hydrogens is 306 g/mol. The first-order valence-electron chi connectivity index (χ1n) is 7.66. The summed E-state index contributed by atoms with van der Waals surface area (Å²) in [5.74, 6) is 0. The van der Waals surface area contributed by atoms with Gasteiger partial charge in [0, 0.05) is 17.8 Å². The first-order valence-corrected chi connectivity index (χ1v) is 7.66. The summed E-state index contributed by atoms with van der Waals surface area (Å²) in [6, 6.07) is 5.30. The number of halogens is 2. The molecule has 3 rings (SSSR count). The molecule has 0 saturated carbocycles. The summed E-state index contributed by atoms with van der Waals surface area (Å²) in [5, 5.41) is 2.82. The summed E-state index contributed by atoms with van der Waals surface area (Å²) in [4.78, 5) is 13.8. The van der Waals surface area contributed by atoms with E-state index in [1.807, 2.05) is 12.1 Å². The molecule has 1 atom stereocenters. The van der Waals surface area contributed by atoms with E-state index in [0.29, 0.717) is 25.4 Å². The molecule has 7 heteroatoms. The second-order valence-corrected chi connectivity index (χ2v) is 6.06. The molecule has 5 nitrogen and oxygen atoms in total. The Morgan fingerprint density at radius 2 is 2.22 bits per heavy atom. The predicted molar refractivity (Wildman–Crippen MR) is 80.8 cm³/mol. The van der Waals surface area contributed by atoms with Crippen molar-refractivity contribution < 1.29 is 23.0 Å². The van der Waals surface area contributed by atoms with Gasteiger partial charge < -0.3 is 19.7 Å². The molecular formula is C16H20F2N2O3. The number of carbonyl (C=O) groups excluding carboxylic acids is 1. The van der Waals surface area contributed by atoms with Gasteiger partial charge in [-0.05, 0) is 25.0 Å². The second-order valence-electron chi connectivity index (χ2n) is 6.06. The zero-order chi connectivity index (χ0) is 16.4. The molecule has 2 amide bonds. The molecule has 0 aromatic heterocycles. The largest absolute Gasteiger partial charge is 0.376 e. The fraction of sp³-hybridized carbons (Fsp3) is 0.562. The van der Waals surface area contributed by atoms with Gasteiger partial charge in [0.1, 0.15) is 5.60 Å². The number of anilines is 1. The maximum Gasteiger partial charge on any atom is 0.322 e. The van der Waals surface area contributed by atoms with Crippen LogP contribution in [0.25, 0.3) is 0 Å². The quantitative estimate of drug-likeness (QED) is 0.909. The highest BCUT2D eigenvalue weighted by molar-refractivity contribution is 5.90. The molecule has 1 aromatic rings. The second kappa shape index (κ2) is 6.41. The number of fused-ring (bicyclic) bond motifs is 1. The van der Waals surface area contributed by atoms with E-state index in [4.69, 9.17) is 9.47 Å². The Balaban J connectivity index is 1.72. The van der Waals surface area contributed by atoms with Crippen LogP contribution in [0.3, 0.4) is 0 Å². The lowest BCUT2D eigenvalue weighted by molar-refractivity contribution is -0.161. The van der Waals surface area contributed by atoms with Crippen molar-refractivity contribution in [2.45, 2.75) is 32.0 Å². The van der Waals surface area contributed by atoms with Crippen LogP contribution in [0.2, 0.25) is 0 Å². The van der Waals surface area contributed by atoms with Crippen molar-refractivity contribution in [2.24, 2.45) is 0 Å². The summed E-state index contributed by atoms with van der Waals surface area (Å²) in [6.07, 6.45) is -1.84. The van der Waals surface area contributed by atoms with Crippen LogP contribution < -0.4 is 5.32 Å². The molecule has 0 aliphatic carbocycles. The first-order chi connectivity index (χ1) is 11.0. The molecule has 0 spiro atoms. The minimum Gasteiger partial charge on any atom is -0.376 e. The standard InChI is InChI=1S/C16H20F2N2O3/c1-16(14(17)18)10-20(6-8-23-16)15(21)19-13-4-2-3-11-5-7-22-9-12(11)13/h2-4,14H,5-10H2,1H3,(H,19,21). The average molecular weight is 326 g/mol. The van der Waals surface area contributed by atoms with Gasteiger partial charge in [0.15, 0.2) is 0 Å². The lowest BCUT2D eigenvalue weighted by Gasteiger charge is -2.39. The zero-order valence-corrected chi connectivity index (χ0v) is 13.0. The zero-order valence-electron chi connectivity index (χ0n) is 13.0. The number of nitrogens with one attached hydrogen (secondary N) is 1. The van der Waals surface area contributed by atoms with E-state index in [-0.39, 0.29) is 19.2 Å². The van der Waals surface area contributed by atoms with E-state index < -0.39 is 12.0 Å². The molecule has 2 aliphatic rings. The van der Waals surface area contributed by atoms with Crippen molar-refractivity contribution in [3.05, 3.63) is 29.3 Å². The molecule has 1 saturated heterocycles. The van der Waals surface area contributed by atoms with E-state index in [0.717, 1.165) is 17.5 Å². The van der Waals surface area contributed by atoms with Crippen LogP contribution in [-0.2, 0) is 22.5 Å². The molecule has 1 N–H and O–H groups in total. The molecule has 2 aliphatic heterocycles. The van der Waals surface area contributed by atoms with Gasteiger partial charge >= 0.3 is 6.03 Å². The van der Waals surface area contributed by atoms with Crippen LogP contribution >= 0.6 is 0 Å². The Bertz CT molecular complexity index is 597. The SMILES string of the molecule is CC1(C(F)F)CN(C(=O)Nc2cccc3c2COCC3)CCO1. The van der Waals surface area contributed by atoms with E-state index in [1.54, 1.807) is 6.07 Å². The summed E-state index contributed by atoms with van der Waals surface area (Å²) >= 11 is 0. The Morgan fingerprint density at radius 3 is 3.00 bits per heavy atom. The van der Waals surface area contributed by atoms with Crippen LogP contribution in [0.4, 0.5) is 19.3 Å². The van der Waals surface area contributed by atoms with Crippen molar-refractivity contribution in [1.82, 2.24) is 4.90 Å². The topological polar surface area (TPSA) is 50.8 Å². The van der Waals surface area contributed by atoms with Crippen molar-refractivity contribution in [3.63, 3.8) is 0 Å². The first kappa shape index (κ1) is 16.1. The van der Waals surface area contributed by atoms with Crippen molar-refractivity contribution in [3.8, 4) is 0 Å². The Hall–Kier alpha value is -1.73. The third-order valence-corrected chi connectivity index (χ3v) is 4.32. The molecule has 126 valence electrons. The van der Waals surface area contributed by atoms with Gasteiger partial charge in [-0.1, -0.05) is 12.1 Å². The lowest BCUT2D eigenvalue weighted by atomic mass is 10.0. The summed E-state index contributed by atoms with van der Waals surface area (Å²) in [5.41, 5.74) is 1.16. The van der Waals surface area contributed by atoms with Crippen LogP contribution in [-0.4, -0.2) is 49.3 Å². The molecule has 23 heavy (non-hydrogen) atoms. The molecule has 1 aromatic carbocycles. The highest BCUT2D eigenvalue weighted by Gasteiger charge is 2.42. The predicted octanol–water partition coefficient (Wildman–Crippen LogP) is 2.65. The number of nitrogens with zero attached hydrogens (tertiary/aromatic N) is 1. The van der Waals surface area contributed by atoms with Crippen LogP contribution in [0.1, 0.15) is 18.1 Å². The molecule has 0 bridgehead atoms. The fourth-order valence-electron chi connectivity index (χ4n) is 2.91. The number of benzene rings is 1. The van der Waals surface area contributed by atoms with Crippen LogP contribution in [0.5, 0.6) is 0 Å². The maximum absolute atomic E-state index is 13.1. The van der Waals surface area contributed by atoms with Gasteiger partial charge in [-0.3, -0.25) is 0 Å². The number of ether oxygens (including phenoxy) is 2. The lowest BCUT2D eigenvalue weighted by Crippen LogP contribution is -2.56. The number of amides is 2. The molecule has 0 radical (unpaired) electrons. The number of carbonyl (C=O) groups is 1. The van der Waals surface area contributed by atoms with E-state index in [1.165, 1.54) is 11.8 Å². The van der Waals surface area contributed by atoms with E-state index in [2.05, 4.69) is 5.32 Å². The van der Waals surface area contributed by atoms with Gasteiger partial charge in [0.2, 0.25) is 0 Å². The highest BCUT2D eigenvalue weighted by Crippen LogP contribution is 2.27. The average Bonchev–Trinajstić information content (AvgIpc) is 2.55. The normalized spacial score (nSPS) is 24.4. The summed E-state index contributed by atoms with van der Waals surface area (Å²) in [7, 11) is 0. The van der Waals surface area contributed by atoms with E-state index in [9.17, 15) is 13.6 Å². The monoisotopic (exact) mass is 326 g/mol. The Labute approximate surface area is 133 Å². The number of hydrogen-bond donors (Lipinski definition) is 1. The minimum atomic E-state index is -2.64. The van der Waals surface area contributed by atoms with Gasteiger partial charge in [0.05, 0.1) is 26.4 Å². The summed E-state index contributed by atoms with van der Waals surface area (Å²) in [6.45, 7) is 2.70. The number of rotatable bonds is 2. The smallest absolute Gasteiger partial charge is 0.322 e. The number of urea groups is 1. The third kappa shape index (κ3) is 3.30. The van der Waals surface area contributed by atoms with Crippen molar-refractivity contribution in [1.29, 1.82) is 0 Å². The number of hydrogen-bond acceptors (Lipinski definition) is 3. The summed E-state index contributed by atoms with van der Waals surface area (Å²) < 4.78 is 36.8. The molecule has 2 heterocycles. The van der Waals surface area contributed by atoms with Gasteiger partial charge in [-0.25, -0.2) is 13.6 Å². The minimum absolute atomic E-state index is 0.101. The van der Waals surface area contributed by atoms with Gasteiger partial charge in [-0.15, -0.1) is 0 Å². The van der Waals surface area contributed by atoms with Crippen LogP contribution in [0, 0.1) is 0 Å². The third-order valence-electron chi connectivity index (χ3n) is 4.32. The Kier molecular flexibility index (Phi) is 4.50. The Morgan fingerprint density at radius 1 is 1.39 bits per heavy atom. The number of alkyl halides is 2. The fourth-order valence-corrected chi connectivity index (χ4v) is 2.91. The highest BCUT2D eigenvalue weighted by atomic mass is 19.3. The number of morpholine rings is 1. The van der Waals surface area contributed by atoms with Gasteiger partial charge in [-0.2, -0.15) is 0 Å². The van der Waals surface area contributed by atoms with Crippen LogP contribution in [0.15, 0.2) is 18.2 Å². The van der Waals surface area contributed by atoms with Crippen molar-refractivity contribution in [2.75, 3.05) is 31.6 Å². The van der Waals surface area contributed by atoms with Gasteiger partial charge in [0.25, 0.3) is 6.43 Å².